The molecule has 0 aromatic heterocycles. The van der Waals surface area contributed by atoms with Crippen molar-refractivity contribution in [2.45, 2.75) is 47.0 Å². The van der Waals surface area contributed by atoms with E-state index in [2.05, 4.69) is 27.7 Å². The minimum Gasteiger partial charge on any atom is -0.0654 e. The van der Waals surface area contributed by atoms with Gasteiger partial charge >= 0.3 is 0 Å². The van der Waals surface area contributed by atoms with Crippen LogP contribution in [0.5, 0.6) is 0 Å². The van der Waals surface area contributed by atoms with Gasteiger partial charge in [-0.2, -0.15) is 0 Å². The Morgan fingerprint density at radius 2 is 1.67 bits per heavy atom. The van der Waals surface area contributed by atoms with Gasteiger partial charge in [0.25, 0.3) is 0 Å². The summed E-state index contributed by atoms with van der Waals surface area (Å²) in [5.74, 6) is 1.79. The summed E-state index contributed by atoms with van der Waals surface area (Å²) in [6.07, 6.45) is 4.16. The molecule has 56 valence electrons. The van der Waals surface area contributed by atoms with Crippen molar-refractivity contribution in [2.75, 3.05) is 0 Å². The highest BCUT2D eigenvalue weighted by atomic mass is 14.1. The highest BCUT2D eigenvalue weighted by Crippen LogP contribution is 2.16. The first-order valence-corrected chi connectivity index (χ1v) is 4.18. The Morgan fingerprint density at radius 1 is 1.11 bits per heavy atom. The van der Waals surface area contributed by atoms with Crippen LogP contribution in [-0.4, -0.2) is 0 Å². The van der Waals surface area contributed by atoms with Gasteiger partial charge in [-0.15, -0.1) is 0 Å². The van der Waals surface area contributed by atoms with Crippen LogP contribution in [0.2, 0.25) is 0 Å². The zero-order chi connectivity index (χ0) is 7.28. The minimum absolute atomic E-state index is 0.872. The van der Waals surface area contributed by atoms with E-state index in [1.54, 1.807) is 0 Å². The van der Waals surface area contributed by atoms with E-state index in [4.69, 9.17) is 0 Å². The molecule has 0 aliphatic heterocycles. The molecule has 1 atom stereocenters. The molecule has 1 unspecified atom stereocenters. The van der Waals surface area contributed by atoms with Crippen molar-refractivity contribution >= 4 is 0 Å². The molecule has 0 heterocycles. The van der Waals surface area contributed by atoms with E-state index < -0.39 is 0 Å². The summed E-state index contributed by atoms with van der Waals surface area (Å²) >= 11 is 0. The maximum absolute atomic E-state index is 2.35. The molecule has 0 aliphatic carbocycles. The van der Waals surface area contributed by atoms with Crippen LogP contribution >= 0.6 is 0 Å². The van der Waals surface area contributed by atoms with E-state index in [9.17, 15) is 0 Å². The molecule has 0 spiro atoms. The molecule has 0 amide bonds. The Hall–Kier alpha value is 0. The first kappa shape index (κ1) is 9.00. The normalized spacial score (nSPS) is 14.3. The molecule has 0 aromatic rings. The maximum atomic E-state index is 2.35. The number of unbranched alkanes of at least 4 members (excludes halogenated alkanes) is 1. The van der Waals surface area contributed by atoms with Gasteiger partial charge in [0.1, 0.15) is 0 Å². The third-order valence-corrected chi connectivity index (χ3v) is 2.15. The molecule has 9 heavy (non-hydrogen) atoms. The fraction of sp³-hybridized carbons (Fsp3) is 1.00. The van der Waals surface area contributed by atoms with Gasteiger partial charge in [-0.3, -0.25) is 0 Å². The Morgan fingerprint density at radius 3 is 2.00 bits per heavy atom. The molecule has 0 saturated heterocycles. The van der Waals surface area contributed by atoms with E-state index in [1.807, 2.05) is 0 Å². The van der Waals surface area contributed by atoms with Crippen LogP contribution in [0.15, 0.2) is 0 Å². The van der Waals surface area contributed by atoms with Gasteiger partial charge in [0.15, 0.2) is 0 Å². The van der Waals surface area contributed by atoms with Crippen molar-refractivity contribution in [1.82, 2.24) is 0 Å². The second kappa shape index (κ2) is 4.84. The zero-order valence-electron chi connectivity index (χ0n) is 7.28. The summed E-state index contributed by atoms with van der Waals surface area (Å²) in [5, 5.41) is 0. The molecule has 0 bridgehead atoms. The molecule has 0 rings (SSSR count). The SMILES string of the molecule is CCCCC(C)C(C)C. The van der Waals surface area contributed by atoms with Crippen LogP contribution in [0.3, 0.4) is 0 Å². The number of hydrogen-bond acceptors (Lipinski definition) is 0. The zero-order valence-corrected chi connectivity index (χ0v) is 7.28. The molecular weight excluding hydrogens is 108 g/mol. The van der Waals surface area contributed by atoms with E-state index in [1.165, 1.54) is 19.3 Å². The van der Waals surface area contributed by atoms with E-state index in [-0.39, 0.29) is 0 Å². The highest BCUT2D eigenvalue weighted by molar-refractivity contribution is 4.55. The summed E-state index contributed by atoms with van der Waals surface area (Å²) in [6.45, 7) is 9.22. The molecule has 0 nitrogen and oxygen atoms in total. The third kappa shape index (κ3) is 4.50. The Balaban J connectivity index is 3.16. The van der Waals surface area contributed by atoms with Gasteiger partial charge in [-0.25, -0.2) is 0 Å². The summed E-state index contributed by atoms with van der Waals surface area (Å²) in [4.78, 5) is 0. The van der Waals surface area contributed by atoms with Crippen LogP contribution in [0, 0.1) is 11.8 Å². The lowest BCUT2D eigenvalue weighted by Gasteiger charge is -2.13. The van der Waals surface area contributed by atoms with Gasteiger partial charge in [-0.05, 0) is 11.8 Å². The van der Waals surface area contributed by atoms with E-state index in [0.717, 1.165) is 11.8 Å². The van der Waals surface area contributed by atoms with Crippen molar-refractivity contribution < 1.29 is 0 Å². The topological polar surface area (TPSA) is 0 Å². The Labute approximate surface area is 59.7 Å². The molecule has 0 N–H and O–H groups in total. The van der Waals surface area contributed by atoms with Gasteiger partial charge in [0.05, 0.1) is 0 Å². The summed E-state index contributed by atoms with van der Waals surface area (Å²) in [6, 6.07) is 0. The molecule has 0 radical (unpaired) electrons. The van der Waals surface area contributed by atoms with Gasteiger partial charge < -0.3 is 0 Å². The highest BCUT2D eigenvalue weighted by Gasteiger charge is 2.04. The Bertz CT molecular complexity index is 55.1. The summed E-state index contributed by atoms with van der Waals surface area (Å²) < 4.78 is 0. The van der Waals surface area contributed by atoms with Crippen LogP contribution in [0.25, 0.3) is 0 Å². The lowest BCUT2D eigenvalue weighted by molar-refractivity contribution is 0.381. The predicted molar refractivity (Wildman–Crippen MR) is 43.5 cm³/mol. The smallest absolute Gasteiger partial charge is 0.0420 e. The second-order valence-electron chi connectivity index (χ2n) is 3.36. The van der Waals surface area contributed by atoms with Crippen molar-refractivity contribution in [3.63, 3.8) is 0 Å². The first-order valence-electron chi connectivity index (χ1n) is 4.18. The molecule has 0 aliphatic rings. The molecule has 0 aromatic carbocycles. The monoisotopic (exact) mass is 128 g/mol. The molecule has 0 saturated carbocycles. The first-order chi connectivity index (χ1) is 4.18. The molecular formula is C9H20. The van der Waals surface area contributed by atoms with Gasteiger partial charge in [0, 0.05) is 0 Å². The van der Waals surface area contributed by atoms with Crippen LogP contribution in [0.4, 0.5) is 0 Å². The maximum Gasteiger partial charge on any atom is -0.0420 e. The van der Waals surface area contributed by atoms with Gasteiger partial charge in [-0.1, -0.05) is 47.0 Å². The van der Waals surface area contributed by atoms with Crippen molar-refractivity contribution in [1.29, 1.82) is 0 Å². The predicted octanol–water partition coefficient (Wildman–Crippen LogP) is 3.47. The average molecular weight is 128 g/mol. The number of hydrogen-bond donors (Lipinski definition) is 0. The largest absolute Gasteiger partial charge is 0.0654 e. The minimum atomic E-state index is 0.872. The van der Waals surface area contributed by atoms with E-state index in [0.29, 0.717) is 0 Å². The van der Waals surface area contributed by atoms with Crippen LogP contribution in [-0.2, 0) is 0 Å². The fourth-order valence-electron chi connectivity index (χ4n) is 0.859. The standard InChI is InChI=1S/C9H20/c1-5-6-7-9(4)8(2)3/h8-9H,5-7H2,1-4H3. The summed E-state index contributed by atoms with van der Waals surface area (Å²) in [5.41, 5.74) is 0. The van der Waals surface area contributed by atoms with Crippen LogP contribution in [0.1, 0.15) is 47.0 Å². The van der Waals surface area contributed by atoms with E-state index >= 15 is 0 Å². The lowest BCUT2D eigenvalue weighted by Crippen LogP contribution is -2.02. The Kier molecular flexibility index (Phi) is 4.84. The van der Waals surface area contributed by atoms with Gasteiger partial charge in [0.2, 0.25) is 0 Å². The fourth-order valence-corrected chi connectivity index (χ4v) is 0.859. The molecule has 0 fully saturated rings. The molecule has 0 heteroatoms. The van der Waals surface area contributed by atoms with Crippen molar-refractivity contribution in [2.24, 2.45) is 11.8 Å². The number of rotatable bonds is 4. The third-order valence-electron chi connectivity index (χ3n) is 2.15. The van der Waals surface area contributed by atoms with Crippen LogP contribution < -0.4 is 0 Å². The second-order valence-corrected chi connectivity index (χ2v) is 3.36. The average Bonchev–Trinajstić information content (AvgIpc) is 1.82. The quantitative estimate of drug-likeness (QED) is 0.544. The summed E-state index contributed by atoms with van der Waals surface area (Å²) in [7, 11) is 0. The van der Waals surface area contributed by atoms with Crippen molar-refractivity contribution in [3.8, 4) is 0 Å². The van der Waals surface area contributed by atoms with Crippen molar-refractivity contribution in [3.05, 3.63) is 0 Å². The lowest BCUT2D eigenvalue weighted by atomic mass is 9.93.